The lowest BCUT2D eigenvalue weighted by atomic mass is 10.1. The fraction of sp³-hybridized carbons (Fsp3) is 0.333. The minimum Gasteiger partial charge on any atom is -0.382 e. The highest BCUT2D eigenvalue weighted by atomic mass is 35.5. The van der Waals surface area contributed by atoms with Crippen molar-refractivity contribution in [1.82, 2.24) is 15.0 Å². The van der Waals surface area contributed by atoms with E-state index in [0.29, 0.717) is 27.8 Å². The van der Waals surface area contributed by atoms with Gasteiger partial charge in [0.1, 0.15) is 6.10 Å². The molecule has 0 spiro atoms. The Labute approximate surface area is 115 Å². The van der Waals surface area contributed by atoms with E-state index in [1.54, 1.807) is 22.9 Å². The number of halogens is 2. The summed E-state index contributed by atoms with van der Waals surface area (Å²) in [4.78, 5) is 0. The van der Waals surface area contributed by atoms with E-state index in [2.05, 4.69) is 10.3 Å². The predicted molar refractivity (Wildman–Crippen MR) is 70.8 cm³/mol. The molecular weight excluding hydrogens is 273 g/mol. The van der Waals surface area contributed by atoms with Crippen LogP contribution >= 0.6 is 23.2 Å². The summed E-state index contributed by atoms with van der Waals surface area (Å²) >= 11 is 12.0. The van der Waals surface area contributed by atoms with Crippen LogP contribution in [0.4, 0.5) is 0 Å². The average molecular weight is 286 g/mol. The second-order valence-corrected chi connectivity index (χ2v) is 4.79. The molecule has 0 amide bonds. The van der Waals surface area contributed by atoms with Gasteiger partial charge in [-0.1, -0.05) is 35.3 Å². The first kappa shape index (κ1) is 13.3. The Balaban J connectivity index is 2.38. The van der Waals surface area contributed by atoms with Crippen LogP contribution in [0, 0.1) is 0 Å². The molecule has 0 aliphatic carbocycles. The van der Waals surface area contributed by atoms with Crippen LogP contribution in [0.5, 0.6) is 0 Å². The zero-order valence-electron chi connectivity index (χ0n) is 9.85. The van der Waals surface area contributed by atoms with Gasteiger partial charge in [-0.15, -0.1) is 5.10 Å². The third-order valence-electron chi connectivity index (χ3n) is 2.62. The van der Waals surface area contributed by atoms with Crippen LogP contribution in [0.2, 0.25) is 10.0 Å². The lowest BCUT2D eigenvalue weighted by molar-refractivity contribution is 0.207. The highest BCUT2D eigenvalue weighted by Gasteiger charge is 2.19. The van der Waals surface area contributed by atoms with Gasteiger partial charge in [-0.2, -0.15) is 0 Å². The van der Waals surface area contributed by atoms with E-state index in [1.165, 1.54) is 6.20 Å². The third kappa shape index (κ3) is 2.66. The first-order valence-electron chi connectivity index (χ1n) is 5.65. The van der Waals surface area contributed by atoms with Gasteiger partial charge in [0.15, 0.2) is 0 Å². The van der Waals surface area contributed by atoms with Crippen molar-refractivity contribution in [2.24, 2.45) is 0 Å². The van der Waals surface area contributed by atoms with Crippen LogP contribution in [0.15, 0.2) is 24.4 Å². The summed E-state index contributed by atoms with van der Waals surface area (Å²) in [6.07, 6.45) is 1.57. The monoisotopic (exact) mass is 285 g/mol. The molecule has 1 atom stereocenters. The van der Waals surface area contributed by atoms with Gasteiger partial charge in [0.05, 0.1) is 11.9 Å². The summed E-state index contributed by atoms with van der Waals surface area (Å²) in [5, 5.41) is 19.1. The van der Waals surface area contributed by atoms with Crippen LogP contribution in [-0.4, -0.2) is 20.1 Å². The molecule has 1 aromatic carbocycles. The number of aliphatic hydroxyl groups is 1. The molecule has 2 aromatic rings. The molecule has 4 nitrogen and oxygen atoms in total. The van der Waals surface area contributed by atoms with E-state index in [0.717, 1.165) is 6.42 Å². The molecule has 1 N–H and O–H groups in total. The second kappa shape index (κ2) is 5.69. The van der Waals surface area contributed by atoms with E-state index in [-0.39, 0.29) is 0 Å². The van der Waals surface area contributed by atoms with Crippen molar-refractivity contribution >= 4 is 23.2 Å². The number of aromatic nitrogens is 3. The van der Waals surface area contributed by atoms with Gasteiger partial charge in [-0.3, -0.25) is 0 Å². The zero-order valence-corrected chi connectivity index (χ0v) is 11.4. The summed E-state index contributed by atoms with van der Waals surface area (Å²) in [5.74, 6) is 0. The fourth-order valence-electron chi connectivity index (χ4n) is 1.75. The van der Waals surface area contributed by atoms with Gasteiger partial charge >= 0.3 is 0 Å². The summed E-state index contributed by atoms with van der Waals surface area (Å²) in [7, 11) is 0. The lowest BCUT2D eigenvalue weighted by Crippen LogP contribution is -2.10. The molecule has 96 valence electrons. The molecule has 1 aromatic heterocycles. The molecule has 0 saturated heterocycles. The summed E-state index contributed by atoms with van der Waals surface area (Å²) in [5.41, 5.74) is 1.17. The van der Waals surface area contributed by atoms with E-state index in [1.807, 2.05) is 6.92 Å². The van der Waals surface area contributed by atoms with Crippen LogP contribution in [-0.2, 0) is 6.54 Å². The summed E-state index contributed by atoms with van der Waals surface area (Å²) in [6.45, 7) is 2.73. The van der Waals surface area contributed by atoms with Crippen molar-refractivity contribution in [1.29, 1.82) is 0 Å². The van der Waals surface area contributed by atoms with Gasteiger partial charge < -0.3 is 5.11 Å². The fourth-order valence-corrected chi connectivity index (χ4v) is 2.15. The van der Waals surface area contributed by atoms with E-state index >= 15 is 0 Å². The molecule has 2 rings (SSSR count). The second-order valence-electron chi connectivity index (χ2n) is 3.95. The Morgan fingerprint density at radius 2 is 2.17 bits per heavy atom. The highest BCUT2D eigenvalue weighted by molar-refractivity contribution is 6.33. The van der Waals surface area contributed by atoms with Crippen molar-refractivity contribution in [2.45, 2.75) is 26.0 Å². The first-order chi connectivity index (χ1) is 8.63. The maximum absolute atomic E-state index is 10.3. The quantitative estimate of drug-likeness (QED) is 0.939. The van der Waals surface area contributed by atoms with Crippen LogP contribution in [0.25, 0.3) is 0 Å². The maximum atomic E-state index is 10.3. The van der Waals surface area contributed by atoms with Crippen molar-refractivity contribution in [3.63, 3.8) is 0 Å². The van der Waals surface area contributed by atoms with Gasteiger partial charge in [0.25, 0.3) is 0 Å². The van der Waals surface area contributed by atoms with Crippen molar-refractivity contribution in [3.8, 4) is 0 Å². The van der Waals surface area contributed by atoms with Crippen LogP contribution in [0.1, 0.15) is 30.7 Å². The molecule has 1 unspecified atom stereocenters. The van der Waals surface area contributed by atoms with Crippen molar-refractivity contribution < 1.29 is 5.11 Å². The Morgan fingerprint density at radius 3 is 2.89 bits per heavy atom. The van der Waals surface area contributed by atoms with E-state index < -0.39 is 6.10 Å². The highest BCUT2D eigenvalue weighted by Crippen LogP contribution is 2.30. The van der Waals surface area contributed by atoms with Crippen LogP contribution in [0.3, 0.4) is 0 Å². The number of aryl methyl sites for hydroxylation is 1. The first-order valence-corrected chi connectivity index (χ1v) is 6.40. The topological polar surface area (TPSA) is 50.9 Å². The van der Waals surface area contributed by atoms with E-state index in [4.69, 9.17) is 23.2 Å². The molecule has 18 heavy (non-hydrogen) atoms. The Kier molecular flexibility index (Phi) is 4.22. The molecule has 0 fully saturated rings. The summed E-state index contributed by atoms with van der Waals surface area (Å²) in [6, 6.07) is 5.00. The minimum atomic E-state index is -0.877. The number of nitrogens with zero attached hydrogens (tertiary/aromatic N) is 3. The Morgan fingerprint density at radius 1 is 1.39 bits per heavy atom. The minimum absolute atomic E-state index is 0.469. The maximum Gasteiger partial charge on any atom is 0.124 e. The largest absolute Gasteiger partial charge is 0.382 e. The standard InChI is InChI=1S/C12H13Cl2N3O/c1-2-5-17-11(7-15-16-17)12(18)9-6-8(13)3-4-10(9)14/h3-4,6-7,12,18H,2,5H2,1H3. The average Bonchev–Trinajstić information content (AvgIpc) is 2.80. The molecule has 0 bridgehead atoms. The van der Waals surface area contributed by atoms with Crippen LogP contribution < -0.4 is 0 Å². The number of hydrogen-bond donors (Lipinski definition) is 1. The van der Waals surface area contributed by atoms with Gasteiger partial charge in [0.2, 0.25) is 0 Å². The van der Waals surface area contributed by atoms with E-state index in [9.17, 15) is 5.11 Å². The molecule has 1 heterocycles. The Hall–Kier alpha value is -1.10. The normalized spacial score (nSPS) is 12.7. The lowest BCUT2D eigenvalue weighted by Gasteiger charge is -2.14. The SMILES string of the molecule is CCCn1nncc1C(O)c1cc(Cl)ccc1Cl. The van der Waals surface area contributed by atoms with Gasteiger partial charge in [0, 0.05) is 22.2 Å². The number of rotatable bonds is 4. The molecule has 0 radical (unpaired) electrons. The molecule has 6 heteroatoms. The smallest absolute Gasteiger partial charge is 0.124 e. The predicted octanol–water partition coefficient (Wildman–Crippen LogP) is 3.08. The van der Waals surface area contributed by atoms with Gasteiger partial charge in [-0.25, -0.2) is 4.68 Å². The van der Waals surface area contributed by atoms with Crippen molar-refractivity contribution in [2.75, 3.05) is 0 Å². The third-order valence-corrected chi connectivity index (χ3v) is 3.20. The molecule has 0 aliphatic rings. The van der Waals surface area contributed by atoms with Gasteiger partial charge in [-0.05, 0) is 24.6 Å². The zero-order chi connectivity index (χ0) is 13.1. The molecular formula is C12H13Cl2N3O. The van der Waals surface area contributed by atoms with Crippen molar-refractivity contribution in [3.05, 3.63) is 45.7 Å². The summed E-state index contributed by atoms with van der Waals surface area (Å²) < 4.78 is 1.67. The molecule has 0 aliphatic heterocycles. The Bertz CT molecular complexity index is 542. The number of hydrogen-bond acceptors (Lipinski definition) is 3. The number of benzene rings is 1. The number of aliphatic hydroxyl groups excluding tert-OH is 1. The molecule has 0 saturated carbocycles.